The summed E-state index contributed by atoms with van der Waals surface area (Å²) in [6.45, 7) is 2.01. The first-order chi connectivity index (χ1) is 15.6. The van der Waals surface area contributed by atoms with Crippen molar-refractivity contribution in [2.24, 2.45) is 0 Å². The van der Waals surface area contributed by atoms with Gasteiger partial charge in [0, 0.05) is 5.56 Å². The molecule has 2 aromatic heterocycles. The average Bonchev–Trinajstić information content (AvgIpc) is 3.28. The molecule has 0 aliphatic rings. The summed E-state index contributed by atoms with van der Waals surface area (Å²) in [4.78, 5) is 22.3. The molecule has 5 aromatic rings. The van der Waals surface area contributed by atoms with Crippen molar-refractivity contribution in [3.05, 3.63) is 100 Å². The minimum absolute atomic E-state index is 0.143. The van der Waals surface area contributed by atoms with Crippen molar-refractivity contribution < 1.29 is 8.91 Å². The highest BCUT2D eigenvalue weighted by Gasteiger charge is 2.17. The van der Waals surface area contributed by atoms with E-state index in [1.165, 1.54) is 22.4 Å². The summed E-state index contributed by atoms with van der Waals surface area (Å²) in [6.07, 6.45) is 0. The summed E-state index contributed by atoms with van der Waals surface area (Å²) < 4.78 is 21.3. The largest absolute Gasteiger partial charge is 0.338 e. The van der Waals surface area contributed by atoms with E-state index < -0.39 is 5.82 Å². The molecule has 0 bridgehead atoms. The third kappa shape index (κ3) is 3.80. The van der Waals surface area contributed by atoms with Gasteiger partial charge in [-0.3, -0.25) is 9.36 Å². The lowest BCUT2D eigenvalue weighted by molar-refractivity contribution is 0.391. The van der Waals surface area contributed by atoms with Gasteiger partial charge in [-0.05, 0) is 31.2 Å². The predicted molar refractivity (Wildman–Crippen MR) is 121 cm³/mol. The molecule has 0 N–H and O–H groups in total. The van der Waals surface area contributed by atoms with Crippen LogP contribution >= 0.6 is 11.8 Å². The van der Waals surface area contributed by atoms with Gasteiger partial charge in [-0.1, -0.05) is 71.0 Å². The topological polar surface area (TPSA) is 73.8 Å². The molecule has 32 heavy (non-hydrogen) atoms. The number of hydrogen-bond acceptors (Lipinski definition) is 6. The minimum atomic E-state index is -0.507. The number of benzene rings is 3. The summed E-state index contributed by atoms with van der Waals surface area (Å²) >= 11 is 1.23. The van der Waals surface area contributed by atoms with E-state index in [-0.39, 0.29) is 17.0 Å². The molecule has 6 nitrogen and oxygen atoms in total. The maximum absolute atomic E-state index is 14.6. The van der Waals surface area contributed by atoms with Crippen molar-refractivity contribution in [1.29, 1.82) is 0 Å². The molecule has 2 heterocycles. The zero-order valence-electron chi connectivity index (χ0n) is 17.0. The third-order valence-electron chi connectivity index (χ3n) is 4.94. The van der Waals surface area contributed by atoms with Crippen LogP contribution in [0, 0.1) is 12.7 Å². The Balaban J connectivity index is 1.52. The minimum Gasteiger partial charge on any atom is -0.338 e. The van der Waals surface area contributed by atoms with Gasteiger partial charge < -0.3 is 4.52 Å². The maximum atomic E-state index is 14.6. The predicted octanol–water partition coefficient (Wildman–Crippen LogP) is 5.18. The van der Waals surface area contributed by atoms with Gasteiger partial charge >= 0.3 is 0 Å². The molecule has 0 unspecified atom stereocenters. The number of halogens is 1. The van der Waals surface area contributed by atoms with Gasteiger partial charge in [-0.15, -0.1) is 0 Å². The normalized spacial score (nSPS) is 11.2. The highest BCUT2D eigenvalue weighted by atomic mass is 32.2. The van der Waals surface area contributed by atoms with Crippen LogP contribution in [0.15, 0.2) is 87.3 Å². The van der Waals surface area contributed by atoms with Gasteiger partial charge in [-0.2, -0.15) is 4.98 Å². The Hall–Kier alpha value is -3.78. The van der Waals surface area contributed by atoms with E-state index in [4.69, 9.17) is 4.52 Å². The Labute approximate surface area is 186 Å². The lowest BCUT2D eigenvalue weighted by Crippen LogP contribution is -2.22. The van der Waals surface area contributed by atoms with Crippen LogP contribution in [0.2, 0.25) is 0 Å². The van der Waals surface area contributed by atoms with Crippen molar-refractivity contribution in [2.45, 2.75) is 17.8 Å². The molecule has 0 atom stereocenters. The zero-order chi connectivity index (χ0) is 22.1. The Morgan fingerprint density at radius 2 is 1.72 bits per heavy atom. The van der Waals surface area contributed by atoms with E-state index in [0.29, 0.717) is 27.8 Å². The van der Waals surface area contributed by atoms with Crippen molar-refractivity contribution in [3.8, 4) is 17.1 Å². The second kappa shape index (κ2) is 8.39. The van der Waals surface area contributed by atoms with E-state index in [9.17, 15) is 9.18 Å². The van der Waals surface area contributed by atoms with Crippen molar-refractivity contribution in [3.63, 3.8) is 0 Å². The smallest absolute Gasteiger partial charge is 0.266 e. The molecule has 5 rings (SSSR count). The molecule has 3 aromatic carbocycles. The van der Waals surface area contributed by atoms with Crippen LogP contribution in [0.5, 0.6) is 0 Å². The molecule has 158 valence electrons. The fourth-order valence-corrected chi connectivity index (χ4v) is 4.16. The first-order valence-electron chi connectivity index (χ1n) is 9.89. The molecule has 0 amide bonds. The molecule has 0 saturated heterocycles. The lowest BCUT2D eigenvalue weighted by atomic mass is 10.1. The first kappa shape index (κ1) is 20.1. The van der Waals surface area contributed by atoms with Crippen molar-refractivity contribution in [1.82, 2.24) is 19.7 Å². The van der Waals surface area contributed by atoms with Crippen LogP contribution in [0.3, 0.4) is 0 Å². The molecular weight excluding hydrogens is 427 g/mol. The van der Waals surface area contributed by atoms with E-state index in [2.05, 4.69) is 15.1 Å². The highest BCUT2D eigenvalue weighted by molar-refractivity contribution is 7.98. The van der Waals surface area contributed by atoms with Gasteiger partial charge in [0.1, 0.15) is 5.82 Å². The molecular formula is C24H17FN4O2S. The van der Waals surface area contributed by atoms with Crippen molar-refractivity contribution >= 4 is 22.7 Å². The zero-order valence-corrected chi connectivity index (χ0v) is 17.8. The first-order valence-corrected chi connectivity index (χ1v) is 10.9. The van der Waals surface area contributed by atoms with E-state index >= 15 is 0 Å². The van der Waals surface area contributed by atoms with E-state index in [1.54, 1.807) is 36.4 Å². The Kier molecular flexibility index (Phi) is 5.28. The van der Waals surface area contributed by atoms with Crippen LogP contribution in [0.1, 0.15) is 11.5 Å². The van der Waals surface area contributed by atoms with Gasteiger partial charge in [0.15, 0.2) is 5.16 Å². The number of thioether (sulfide) groups is 1. The SMILES string of the molecule is Cc1ccc(-c2noc(CSc3nc4ccccc4c(=O)n3-c3ccccc3F)n2)cc1. The Morgan fingerprint density at radius 3 is 2.53 bits per heavy atom. The van der Waals surface area contributed by atoms with Crippen LogP contribution in [-0.2, 0) is 5.75 Å². The van der Waals surface area contributed by atoms with Crippen LogP contribution in [0.4, 0.5) is 4.39 Å². The number of hydrogen-bond donors (Lipinski definition) is 0. The van der Waals surface area contributed by atoms with Crippen LogP contribution in [0.25, 0.3) is 28.0 Å². The Morgan fingerprint density at radius 1 is 0.969 bits per heavy atom. The molecule has 0 spiro atoms. The summed E-state index contributed by atoms with van der Waals surface area (Å²) in [5, 5.41) is 4.80. The van der Waals surface area contributed by atoms with Gasteiger partial charge in [-0.25, -0.2) is 9.37 Å². The van der Waals surface area contributed by atoms with Crippen LogP contribution in [-0.4, -0.2) is 19.7 Å². The summed E-state index contributed by atoms with van der Waals surface area (Å²) in [5.74, 6) is 0.637. The molecule has 0 radical (unpaired) electrons. The average molecular weight is 444 g/mol. The molecule has 0 saturated carbocycles. The fourth-order valence-electron chi connectivity index (χ4n) is 3.31. The lowest BCUT2D eigenvalue weighted by Gasteiger charge is -2.13. The highest BCUT2D eigenvalue weighted by Crippen LogP contribution is 2.26. The standard InChI is InChI=1S/C24H17FN4O2S/c1-15-10-12-16(13-11-15)22-27-21(31-28-22)14-32-24-26-19-8-4-2-6-17(19)23(30)29(24)20-9-5-3-7-18(20)25/h2-13H,14H2,1H3. The maximum Gasteiger partial charge on any atom is 0.266 e. The molecule has 0 aliphatic heterocycles. The monoisotopic (exact) mass is 444 g/mol. The fraction of sp³-hybridized carbons (Fsp3) is 0.0833. The van der Waals surface area contributed by atoms with E-state index in [0.717, 1.165) is 11.1 Å². The number of para-hydroxylation sites is 2. The van der Waals surface area contributed by atoms with Crippen molar-refractivity contribution in [2.75, 3.05) is 0 Å². The summed E-state index contributed by atoms with van der Waals surface area (Å²) in [5.41, 5.74) is 2.33. The van der Waals surface area contributed by atoms with E-state index in [1.807, 2.05) is 37.3 Å². The molecule has 0 fully saturated rings. The number of aryl methyl sites for hydroxylation is 1. The van der Waals surface area contributed by atoms with Crippen LogP contribution < -0.4 is 5.56 Å². The summed E-state index contributed by atoms with van der Waals surface area (Å²) in [7, 11) is 0. The van der Waals surface area contributed by atoms with Gasteiger partial charge in [0.25, 0.3) is 5.56 Å². The summed E-state index contributed by atoms with van der Waals surface area (Å²) in [6, 6.07) is 21.0. The second-order valence-corrected chi connectivity index (χ2v) is 8.11. The number of fused-ring (bicyclic) bond motifs is 1. The molecule has 8 heteroatoms. The van der Waals surface area contributed by atoms with Gasteiger partial charge in [0.2, 0.25) is 11.7 Å². The van der Waals surface area contributed by atoms with Gasteiger partial charge in [0.05, 0.1) is 22.3 Å². The number of aromatic nitrogens is 4. The quantitative estimate of drug-likeness (QED) is 0.275. The third-order valence-corrected chi connectivity index (χ3v) is 5.86. The second-order valence-electron chi connectivity index (χ2n) is 7.17. The Bertz CT molecular complexity index is 1480. The number of nitrogens with zero attached hydrogens (tertiary/aromatic N) is 4. The number of rotatable bonds is 5. The molecule has 0 aliphatic carbocycles.